The van der Waals surface area contributed by atoms with Gasteiger partial charge >= 0.3 is 5.97 Å². The van der Waals surface area contributed by atoms with Crippen molar-refractivity contribution in [2.75, 3.05) is 6.61 Å². The molecule has 0 saturated heterocycles. The zero-order chi connectivity index (χ0) is 14.9. The Hall–Kier alpha value is -0.650. The van der Waals surface area contributed by atoms with Gasteiger partial charge in [-0.2, -0.15) is 0 Å². The Labute approximate surface area is 115 Å². The highest BCUT2D eigenvalue weighted by atomic mass is 17.2. The monoisotopic (exact) mass is 276 g/mol. The minimum atomic E-state index is -1.25. The van der Waals surface area contributed by atoms with Crippen LogP contribution >= 0.6 is 0 Å². The molecule has 0 fully saturated rings. The van der Waals surface area contributed by atoms with Crippen LogP contribution in [0.15, 0.2) is 0 Å². The number of unbranched alkanes of at least 4 members (excludes halogenated alkanes) is 1. The van der Waals surface area contributed by atoms with E-state index in [1.54, 1.807) is 13.8 Å². The van der Waals surface area contributed by atoms with Crippen LogP contribution in [-0.4, -0.2) is 34.5 Å². The van der Waals surface area contributed by atoms with E-state index in [2.05, 4.69) is 0 Å². The average molecular weight is 276 g/mol. The van der Waals surface area contributed by atoms with E-state index in [1.807, 2.05) is 13.8 Å². The Morgan fingerprint density at radius 1 is 1.32 bits per heavy atom. The second-order valence-electron chi connectivity index (χ2n) is 5.31. The van der Waals surface area contributed by atoms with Gasteiger partial charge in [-0.25, -0.2) is 14.6 Å². The summed E-state index contributed by atoms with van der Waals surface area (Å²) in [5.41, 5.74) is -1.25. The summed E-state index contributed by atoms with van der Waals surface area (Å²) in [7, 11) is 0. The van der Waals surface area contributed by atoms with Gasteiger partial charge in [0.15, 0.2) is 5.60 Å². The van der Waals surface area contributed by atoms with E-state index in [0.29, 0.717) is 19.3 Å². The van der Waals surface area contributed by atoms with Crippen LogP contribution in [0, 0.1) is 5.92 Å². The van der Waals surface area contributed by atoms with Crippen LogP contribution in [0.1, 0.15) is 59.8 Å². The van der Waals surface area contributed by atoms with E-state index < -0.39 is 17.7 Å². The highest BCUT2D eigenvalue weighted by molar-refractivity contribution is 5.77. The molecule has 0 aliphatic heterocycles. The van der Waals surface area contributed by atoms with Crippen molar-refractivity contribution in [3.05, 3.63) is 0 Å². The van der Waals surface area contributed by atoms with Gasteiger partial charge in [0.2, 0.25) is 0 Å². The minimum Gasteiger partial charge on any atom is -0.479 e. The molecule has 0 aromatic carbocycles. The summed E-state index contributed by atoms with van der Waals surface area (Å²) in [6, 6.07) is 0. The van der Waals surface area contributed by atoms with Crippen molar-refractivity contribution in [3.63, 3.8) is 0 Å². The molecule has 0 aliphatic rings. The molecule has 0 heterocycles. The molecule has 5 heteroatoms. The first-order valence-electron chi connectivity index (χ1n) is 7.10. The van der Waals surface area contributed by atoms with E-state index in [0.717, 1.165) is 12.8 Å². The SMILES string of the molecule is CCCCC(CC)(OOCC(C)CC(C)O)C(=O)O. The van der Waals surface area contributed by atoms with E-state index in [1.165, 1.54) is 0 Å². The van der Waals surface area contributed by atoms with Crippen molar-refractivity contribution in [2.24, 2.45) is 5.92 Å². The first-order chi connectivity index (χ1) is 8.88. The van der Waals surface area contributed by atoms with Crippen LogP contribution in [0.5, 0.6) is 0 Å². The normalized spacial score (nSPS) is 17.7. The van der Waals surface area contributed by atoms with Gasteiger partial charge in [0, 0.05) is 0 Å². The van der Waals surface area contributed by atoms with Crippen LogP contribution in [0.2, 0.25) is 0 Å². The molecule has 0 amide bonds. The second kappa shape index (κ2) is 9.28. The molecule has 114 valence electrons. The van der Waals surface area contributed by atoms with E-state index in [-0.39, 0.29) is 12.5 Å². The maximum absolute atomic E-state index is 11.4. The summed E-state index contributed by atoms with van der Waals surface area (Å²) < 4.78 is 0. The lowest BCUT2D eigenvalue weighted by molar-refractivity contribution is -0.361. The van der Waals surface area contributed by atoms with E-state index >= 15 is 0 Å². The van der Waals surface area contributed by atoms with Crippen LogP contribution in [0.25, 0.3) is 0 Å². The Morgan fingerprint density at radius 2 is 1.95 bits per heavy atom. The van der Waals surface area contributed by atoms with Gasteiger partial charge in [0.05, 0.1) is 12.7 Å². The fraction of sp³-hybridized carbons (Fsp3) is 0.929. The number of rotatable bonds is 11. The maximum Gasteiger partial charge on any atom is 0.339 e. The van der Waals surface area contributed by atoms with Crippen molar-refractivity contribution >= 4 is 5.97 Å². The standard InChI is InChI=1S/C14H28O5/c1-5-7-8-14(6-2,13(16)17)19-18-10-11(3)9-12(4)15/h11-12,15H,5-10H2,1-4H3,(H,16,17). The maximum atomic E-state index is 11.4. The lowest BCUT2D eigenvalue weighted by Gasteiger charge is -2.27. The summed E-state index contributed by atoms with van der Waals surface area (Å²) >= 11 is 0. The fourth-order valence-electron chi connectivity index (χ4n) is 1.95. The molecule has 0 spiro atoms. The summed E-state index contributed by atoms with van der Waals surface area (Å²) in [5.74, 6) is -0.860. The van der Waals surface area contributed by atoms with Gasteiger partial charge in [-0.15, -0.1) is 0 Å². The Balaban J connectivity index is 4.30. The molecule has 0 rings (SSSR count). The molecule has 0 bridgehead atoms. The summed E-state index contributed by atoms with van der Waals surface area (Å²) in [4.78, 5) is 21.7. The molecule has 19 heavy (non-hydrogen) atoms. The molecule has 0 aromatic rings. The van der Waals surface area contributed by atoms with E-state index in [4.69, 9.17) is 9.78 Å². The lowest BCUT2D eigenvalue weighted by atomic mass is 9.94. The molecular weight excluding hydrogens is 248 g/mol. The Kier molecular flexibility index (Phi) is 8.97. The number of carboxylic acids is 1. The van der Waals surface area contributed by atoms with Crippen molar-refractivity contribution < 1.29 is 24.8 Å². The molecule has 3 unspecified atom stereocenters. The Bertz CT molecular complexity index is 254. The molecule has 0 aromatic heterocycles. The minimum absolute atomic E-state index is 0.120. The first-order valence-corrected chi connectivity index (χ1v) is 7.10. The number of aliphatic hydroxyl groups is 1. The third kappa shape index (κ3) is 6.89. The third-order valence-corrected chi connectivity index (χ3v) is 3.21. The quantitative estimate of drug-likeness (QED) is 0.448. The number of hydrogen-bond acceptors (Lipinski definition) is 4. The lowest BCUT2D eigenvalue weighted by Crippen LogP contribution is -2.41. The van der Waals surface area contributed by atoms with Crippen LogP contribution in [-0.2, 0) is 14.6 Å². The smallest absolute Gasteiger partial charge is 0.339 e. The zero-order valence-electron chi connectivity index (χ0n) is 12.5. The number of hydrogen-bond donors (Lipinski definition) is 2. The van der Waals surface area contributed by atoms with Gasteiger partial charge < -0.3 is 10.2 Å². The highest BCUT2D eigenvalue weighted by Crippen LogP contribution is 2.25. The molecule has 5 nitrogen and oxygen atoms in total. The molecule has 2 N–H and O–H groups in total. The summed E-state index contributed by atoms with van der Waals surface area (Å²) in [5, 5.41) is 18.6. The largest absolute Gasteiger partial charge is 0.479 e. The topological polar surface area (TPSA) is 76.0 Å². The van der Waals surface area contributed by atoms with Crippen molar-refractivity contribution in [2.45, 2.75) is 71.5 Å². The number of aliphatic hydroxyl groups excluding tert-OH is 1. The van der Waals surface area contributed by atoms with Gasteiger partial charge in [-0.05, 0) is 32.1 Å². The van der Waals surface area contributed by atoms with Crippen molar-refractivity contribution in [1.29, 1.82) is 0 Å². The average Bonchev–Trinajstić information content (AvgIpc) is 2.32. The van der Waals surface area contributed by atoms with Gasteiger partial charge in [-0.1, -0.05) is 33.6 Å². The van der Waals surface area contributed by atoms with Gasteiger partial charge in [0.1, 0.15) is 0 Å². The summed E-state index contributed by atoms with van der Waals surface area (Å²) in [6.45, 7) is 7.72. The molecule has 0 radical (unpaired) electrons. The third-order valence-electron chi connectivity index (χ3n) is 3.21. The second-order valence-corrected chi connectivity index (χ2v) is 5.31. The van der Waals surface area contributed by atoms with Gasteiger partial charge in [-0.3, -0.25) is 0 Å². The van der Waals surface area contributed by atoms with Crippen molar-refractivity contribution in [1.82, 2.24) is 0 Å². The van der Waals surface area contributed by atoms with E-state index in [9.17, 15) is 15.0 Å². The molecule has 0 aliphatic carbocycles. The zero-order valence-corrected chi connectivity index (χ0v) is 12.5. The van der Waals surface area contributed by atoms with Gasteiger partial charge in [0.25, 0.3) is 0 Å². The van der Waals surface area contributed by atoms with Crippen molar-refractivity contribution in [3.8, 4) is 0 Å². The predicted molar refractivity (Wildman–Crippen MR) is 72.7 cm³/mol. The van der Waals surface area contributed by atoms with Crippen LogP contribution in [0.4, 0.5) is 0 Å². The van der Waals surface area contributed by atoms with Crippen LogP contribution in [0.3, 0.4) is 0 Å². The number of carbonyl (C=O) groups is 1. The fourth-order valence-corrected chi connectivity index (χ4v) is 1.95. The summed E-state index contributed by atoms with van der Waals surface area (Å²) in [6.07, 6.45) is 2.72. The molecular formula is C14H28O5. The number of carboxylic acid groups (broad SMARTS) is 1. The number of aliphatic carboxylic acids is 1. The molecule has 3 atom stereocenters. The predicted octanol–water partition coefficient (Wildman–Crippen LogP) is 2.77. The highest BCUT2D eigenvalue weighted by Gasteiger charge is 2.39. The van der Waals surface area contributed by atoms with Crippen LogP contribution < -0.4 is 0 Å². The Morgan fingerprint density at radius 3 is 2.37 bits per heavy atom. The first kappa shape index (κ1) is 18.4. The molecule has 0 saturated carbocycles.